The molecule has 0 atom stereocenters. The third-order valence-corrected chi connectivity index (χ3v) is 5.84. The van der Waals surface area contributed by atoms with Gasteiger partial charge in [0.25, 0.3) is 0 Å². The molecule has 0 aromatic heterocycles. The predicted molar refractivity (Wildman–Crippen MR) is 111 cm³/mol. The molecule has 5 heteroatoms. The summed E-state index contributed by atoms with van der Waals surface area (Å²) in [6.07, 6.45) is 3.40. The highest BCUT2D eigenvalue weighted by molar-refractivity contribution is 7.99. The molecule has 1 aliphatic heterocycles. The van der Waals surface area contributed by atoms with Crippen LogP contribution in [0.4, 0.5) is 5.69 Å². The maximum atomic E-state index is 12.5. The highest BCUT2D eigenvalue weighted by Crippen LogP contribution is 2.27. The maximum Gasteiger partial charge on any atom is 0.238 e. The number of hydrogen-bond donors (Lipinski definition) is 1. The highest BCUT2D eigenvalue weighted by Gasteiger charge is 2.21. The smallest absolute Gasteiger partial charge is 0.238 e. The first-order valence-corrected chi connectivity index (χ1v) is 10.4. The Morgan fingerprint density at radius 2 is 1.81 bits per heavy atom. The fourth-order valence-electron chi connectivity index (χ4n) is 3.49. The molecule has 1 amide bonds. The number of nitrogens with one attached hydrogen (secondary N) is 1. The quantitative estimate of drug-likeness (QED) is 0.733. The van der Waals surface area contributed by atoms with Crippen molar-refractivity contribution in [2.24, 2.45) is 5.92 Å². The molecule has 0 bridgehead atoms. The molecule has 27 heavy (non-hydrogen) atoms. The van der Waals surface area contributed by atoms with Gasteiger partial charge in [-0.05, 0) is 56.0 Å². The first-order valence-electron chi connectivity index (χ1n) is 9.39. The fourth-order valence-corrected chi connectivity index (χ4v) is 4.16. The summed E-state index contributed by atoms with van der Waals surface area (Å²) < 4.78 is 0. The van der Waals surface area contributed by atoms with Crippen molar-refractivity contribution in [3.63, 3.8) is 0 Å². The summed E-state index contributed by atoms with van der Waals surface area (Å²) in [4.78, 5) is 15.6. The topological polar surface area (TPSA) is 56.1 Å². The van der Waals surface area contributed by atoms with Crippen LogP contribution in [-0.2, 0) is 11.2 Å². The number of anilines is 1. The number of nitriles is 1. The Labute approximate surface area is 165 Å². The van der Waals surface area contributed by atoms with Crippen LogP contribution in [0, 0.1) is 17.2 Å². The molecule has 0 saturated carbocycles. The molecule has 2 aromatic rings. The molecule has 4 nitrogen and oxygen atoms in total. The van der Waals surface area contributed by atoms with Crippen LogP contribution < -0.4 is 5.32 Å². The van der Waals surface area contributed by atoms with E-state index in [0.29, 0.717) is 18.2 Å². The van der Waals surface area contributed by atoms with Crippen molar-refractivity contribution in [3.8, 4) is 6.07 Å². The molecule has 0 spiro atoms. The van der Waals surface area contributed by atoms with E-state index in [1.807, 2.05) is 24.3 Å². The number of rotatable bonds is 7. The number of carbonyl (C=O) groups is 1. The number of para-hydroxylation sites is 1. The summed E-state index contributed by atoms with van der Waals surface area (Å²) >= 11 is 1.45. The van der Waals surface area contributed by atoms with Crippen LogP contribution in [0.25, 0.3) is 0 Å². The number of nitrogens with zero attached hydrogens (tertiary/aromatic N) is 2. The summed E-state index contributed by atoms with van der Waals surface area (Å²) in [5, 5.41) is 11.8. The van der Waals surface area contributed by atoms with E-state index in [1.54, 1.807) is 0 Å². The third kappa shape index (κ3) is 6.13. The lowest BCUT2D eigenvalue weighted by atomic mass is 9.90. The van der Waals surface area contributed by atoms with Crippen molar-refractivity contribution >= 4 is 23.4 Å². The Hall–Kier alpha value is -2.29. The molecule has 3 rings (SSSR count). The van der Waals surface area contributed by atoms with E-state index < -0.39 is 0 Å². The molecule has 1 saturated heterocycles. The van der Waals surface area contributed by atoms with Crippen molar-refractivity contribution in [1.82, 2.24) is 4.90 Å². The van der Waals surface area contributed by atoms with Gasteiger partial charge in [0.05, 0.1) is 24.1 Å². The average Bonchev–Trinajstić information content (AvgIpc) is 2.69. The number of piperidine rings is 1. The van der Waals surface area contributed by atoms with Gasteiger partial charge >= 0.3 is 0 Å². The maximum absolute atomic E-state index is 12.5. The lowest BCUT2D eigenvalue weighted by Crippen LogP contribution is -2.39. The zero-order valence-electron chi connectivity index (χ0n) is 15.4. The van der Waals surface area contributed by atoms with Crippen molar-refractivity contribution in [1.29, 1.82) is 5.26 Å². The van der Waals surface area contributed by atoms with Crippen molar-refractivity contribution in [2.45, 2.75) is 24.2 Å². The van der Waals surface area contributed by atoms with Gasteiger partial charge in [-0.1, -0.05) is 42.5 Å². The Bertz CT molecular complexity index is 780. The Kier molecular flexibility index (Phi) is 7.32. The minimum Gasteiger partial charge on any atom is -0.324 e. The van der Waals surface area contributed by atoms with Gasteiger partial charge < -0.3 is 5.32 Å². The summed E-state index contributed by atoms with van der Waals surface area (Å²) in [5.74, 6) is 1.10. The Morgan fingerprint density at radius 3 is 2.56 bits per heavy atom. The van der Waals surface area contributed by atoms with Gasteiger partial charge in [0.1, 0.15) is 0 Å². The van der Waals surface area contributed by atoms with Crippen LogP contribution >= 0.6 is 11.8 Å². The second-order valence-corrected chi connectivity index (χ2v) is 7.92. The van der Waals surface area contributed by atoms with E-state index in [9.17, 15) is 4.79 Å². The average molecular weight is 380 g/mol. The lowest BCUT2D eigenvalue weighted by Gasteiger charge is -2.31. The normalized spacial score (nSPS) is 15.2. The summed E-state index contributed by atoms with van der Waals surface area (Å²) in [7, 11) is 0. The molecular formula is C22H25N3OS. The van der Waals surface area contributed by atoms with E-state index in [4.69, 9.17) is 5.26 Å². The van der Waals surface area contributed by atoms with E-state index in [-0.39, 0.29) is 5.91 Å². The molecule has 2 aromatic carbocycles. The standard InChI is InChI=1S/C22H25N3OS/c23-12-15-27-21-9-5-4-8-20(21)24-22(26)17-25-13-10-19(11-14-25)16-18-6-2-1-3-7-18/h1-9,19H,10-11,13-17H2,(H,24,26). The van der Waals surface area contributed by atoms with Crippen molar-refractivity contribution in [3.05, 3.63) is 60.2 Å². The van der Waals surface area contributed by atoms with Crippen LogP contribution in [-0.4, -0.2) is 36.2 Å². The van der Waals surface area contributed by atoms with E-state index >= 15 is 0 Å². The second kappa shape index (κ2) is 10.1. The van der Waals surface area contributed by atoms with E-state index in [0.717, 1.165) is 42.9 Å². The lowest BCUT2D eigenvalue weighted by molar-refractivity contribution is -0.117. The first kappa shape index (κ1) is 19.5. The molecule has 0 radical (unpaired) electrons. The van der Waals surface area contributed by atoms with Gasteiger partial charge in [0, 0.05) is 4.90 Å². The number of likely N-dealkylation sites (tertiary alicyclic amines) is 1. The fraction of sp³-hybridized carbons (Fsp3) is 0.364. The summed E-state index contributed by atoms with van der Waals surface area (Å²) in [5.41, 5.74) is 2.20. The molecule has 1 heterocycles. The van der Waals surface area contributed by atoms with Gasteiger partial charge in [-0.25, -0.2) is 0 Å². The van der Waals surface area contributed by atoms with Gasteiger partial charge in [-0.15, -0.1) is 11.8 Å². The molecule has 0 unspecified atom stereocenters. The largest absolute Gasteiger partial charge is 0.324 e. The van der Waals surface area contributed by atoms with Gasteiger partial charge in [0.15, 0.2) is 0 Å². The van der Waals surface area contributed by atoms with Crippen LogP contribution in [0.15, 0.2) is 59.5 Å². The van der Waals surface area contributed by atoms with E-state index in [2.05, 4.69) is 46.6 Å². The van der Waals surface area contributed by atoms with Crippen molar-refractivity contribution in [2.75, 3.05) is 30.7 Å². The molecule has 1 aliphatic rings. The van der Waals surface area contributed by atoms with Gasteiger partial charge in [-0.2, -0.15) is 5.26 Å². The third-order valence-electron chi connectivity index (χ3n) is 4.89. The van der Waals surface area contributed by atoms with Gasteiger partial charge in [0.2, 0.25) is 5.91 Å². The summed E-state index contributed by atoms with van der Waals surface area (Å²) in [6, 6.07) is 20.4. The van der Waals surface area contributed by atoms with Crippen LogP contribution in [0.2, 0.25) is 0 Å². The Balaban J connectivity index is 1.45. The molecular weight excluding hydrogens is 354 g/mol. The highest BCUT2D eigenvalue weighted by atomic mass is 32.2. The van der Waals surface area contributed by atoms with Gasteiger partial charge in [-0.3, -0.25) is 9.69 Å². The number of thioether (sulfide) groups is 1. The minimum absolute atomic E-state index is 0.0153. The SMILES string of the molecule is N#CCSc1ccccc1NC(=O)CN1CCC(Cc2ccccc2)CC1. The summed E-state index contributed by atoms with van der Waals surface area (Å²) in [6.45, 7) is 2.36. The molecule has 0 aliphatic carbocycles. The number of amides is 1. The zero-order chi connectivity index (χ0) is 18.9. The van der Waals surface area contributed by atoms with Crippen LogP contribution in [0.1, 0.15) is 18.4 Å². The van der Waals surface area contributed by atoms with Crippen LogP contribution in [0.3, 0.4) is 0 Å². The van der Waals surface area contributed by atoms with E-state index in [1.165, 1.54) is 17.3 Å². The minimum atomic E-state index is 0.0153. The molecule has 1 fully saturated rings. The number of carbonyl (C=O) groups excluding carboxylic acids is 1. The monoisotopic (exact) mass is 379 g/mol. The molecule has 140 valence electrons. The zero-order valence-corrected chi connectivity index (χ0v) is 16.3. The number of benzene rings is 2. The first-order chi connectivity index (χ1) is 13.2. The second-order valence-electron chi connectivity index (χ2n) is 6.90. The molecule has 1 N–H and O–H groups in total. The van der Waals surface area contributed by atoms with Crippen LogP contribution in [0.5, 0.6) is 0 Å². The van der Waals surface area contributed by atoms with Crippen molar-refractivity contribution < 1.29 is 4.79 Å². The Morgan fingerprint density at radius 1 is 1.11 bits per heavy atom. The number of hydrogen-bond acceptors (Lipinski definition) is 4. The predicted octanol–water partition coefficient (Wildman–Crippen LogP) is 4.20.